The normalized spacial score (nSPS) is 11.3. The summed E-state index contributed by atoms with van der Waals surface area (Å²) in [7, 11) is 0. The number of anilines is 1. The van der Waals surface area contributed by atoms with Crippen LogP contribution in [0.2, 0.25) is 0 Å². The molecule has 1 atom stereocenters. The summed E-state index contributed by atoms with van der Waals surface area (Å²) in [6.45, 7) is 5.33. The first-order chi connectivity index (χ1) is 14.9. The molecule has 0 fully saturated rings. The minimum Gasteiger partial charge on any atom is -0.489 e. The van der Waals surface area contributed by atoms with E-state index in [0.717, 1.165) is 11.3 Å². The molecular weight excluding hydrogens is 398 g/mol. The number of ether oxygens (including phenoxy) is 2. The fraction of sp³-hybridized carbons (Fsp3) is 0.217. The molecule has 1 aromatic heterocycles. The van der Waals surface area contributed by atoms with Crippen molar-refractivity contribution in [2.75, 3.05) is 5.32 Å². The molecule has 31 heavy (non-hydrogen) atoms. The number of aromatic nitrogens is 1. The smallest absolute Gasteiger partial charge is 0.339 e. The SMILES string of the molecule is Cc1noc(C)c1COc1cccc(C(=O)OC(C)C(=O)Nc2ccccc2C#N)c1. The molecule has 8 heteroatoms. The Morgan fingerprint density at radius 3 is 2.68 bits per heavy atom. The minimum atomic E-state index is -1.06. The third-order valence-corrected chi connectivity index (χ3v) is 4.59. The maximum atomic E-state index is 12.5. The first kappa shape index (κ1) is 21.6. The summed E-state index contributed by atoms with van der Waals surface area (Å²) in [4.78, 5) is 24.9. The monoisotopic (exact) mass is 419 g/mol. The van der Waals surface area contributed by atoms with Gasteiger partial charge in [0.15, 0.2) is 6.10 Å². The van der Waals surface area contributed by atoms with Gasteiger partial charge in [0.05, 0.1) is 28.1 Å². The summed E-state index contributed by atoms with van der Waals surface area (Å²) < 4.78 is 16.1. The average molecular weight is 419 g/mol. The molecule has 8 nitrogen and oxygen atoms in total. The van der Waals surface area contributed by atoms with Crippen molar-refractivity contribution in [1.29, 1.82) is 5.26 Å². The van der Waals surface area contributed by atoms with Crippen molar-refractivity contribution in [3.05, 3.63) is 76.7 Å². The van der Waals surface area contributed by atoms with E-state index in [2.05, 4.69) is 10.5 Å². The average Bonchev–Trinajstić information content (AvgIpc) is 3.10. The van der Waals surface area contributed by atoms with E-state index >= 15 is 0 Å². The van der Waals surface area contributed by atoms with Crippen molar-refractivity contribution in [2.45, 2.75) is 33.5 Å². The highest BCUT2D eigenvalue weighted by Gasteiger charge is 2.20. The number of nitriles is 1. The lowest BCUT2D eigenvalue weighted by Gasteiger charge is -2.14. The van der Waals surface area contributed by atoms with Crippen molar-refractivity contribution in [2.24, 2.45) is 0 Å². The number of aryl methyl sites for hydroxylation is 2. The van der Waals surface area contributed by atoms with Crippen LogP contribution in [0.5, 0.6) is 5.75 Å². The molecule has 1 N–H and O–H groups in total. The number of nitrogens with zero attached hydrogens (tertiary/aromatic N) is 2. The Hall–Kier alpha value is -4.12. The van der Waals surface area contributed by atoms with Crippen LogP contribution in [0.1, 0.15) is 39.9 Å². The highest BCUT2D eigenvalue weighted by atomic mass is 16.5. The predicted molar refractivity (Wildman–Crippen MR) is 111 cm³/mol. The molecule has 0 radical (unpaired) electrons. The van der Waals surface area contributed by atoms with Gasteiger partial charge in [0, 0.05) is 0 Å². The van der Waals surface area contributed by atoms with Crippen LogP contribution in [0.3, 0.4) is 0 Å². The van der Waals surface area contributed by atoms with E-state index in [-0.39, 0.29) is 12.2 Å². The molecule has 0 aliphatic rings. The van der Waals surface area contributed by atoms with E-state index in [0.29, 0.717) is 22.8 Å². The Labute approximate surface area is 179 Å². The van der Waals surface area contributed by atoms with Gasteiger partial charge in [-0.15, -0.1) is 0 Å². The van der Waals surface area contributed by atoms with Gasteiger partial charge in [0.1, 0.15) is 24.2 Å². The van der Waals surface area contributed by atoms with E-state index in [1.807, 2.05) is 13.0 Å². The van der Waals surface area contributed by atoms with Gasteiger partial charge in [-0.3, -0.25) is 4.79 Å². The number of nitrogens with one attached hydrogen (secondary N) is 1. The second-order valence-electron chi connectivity index (χ2n) is 6.81. The van der Waals surface area contributed by atoms with E-state index < -0.39 is 18.0 Å². The van der Waals surface area contributed by atoms with Crippen LogP contribution in [-0.4, -0.2) is 23.1 Å². The number of hydrogen-bond donors (Lipinski definition) is 1. The van der Waals surface area contributed by atoms with Gasteiger partial charge < -0.3 is 19.3 Å². The first-order valence-electron chi connectivity index (χ1n) is 9.54. The summed E-state index contributed by atoms with van der Waals surface area (Å²) in [5.74, 6) is -0.0683. The molecule has 1 heterocycles. The lowest BCUT2D eigenvalue weighted by atomic mass is 10.2. The van der Waals surface area contributed by atoms with E-state index in [1.54, 1.807) is 49.4 Å². The van der Waals surface area contributed by atoms with Crippen LogP contribution in [0.4, 0.5) is 5.69 Å². The van der Waals surface area contributed by atoms with Crippen LogP contribution in [0.15, 0.2) is 53.1 Å². The second-order valence-corrected chi connectivity index (χ2v) is 6.81. The Morgan fingerprint density at radius 1 is 1.19 bits per heavy atom. The highest BCUT2D eigenvalue weighted by molar-refractivity contribution is 5.98. The quantitative estimate of drug-likeness (QED) is 0.577. The molecule has 1 amide bonds. The van der Waals surface area contributed by atoms with Crippen molar-refractivity contribution < 1.29 is 23.6 Å². The van der Waals surface area contributed by atoms with E-state index in [1.165, 1.54) is 13.0 Å². The number of para-hydroxylation sites is 1. The number of benzene rings is 2. The Balaban J connectivity index is 1.61. The summed E-state index contributed by atoms with van der Waals surface area (Å²) in [6, 6.07) is 15.0. The van der Waals surface area contributed by atoms with Crippen molar-refractivity contribution in [3.63, 3.8) is 0 Å². The van der Waals surface area contributed by atoms with Gasteiger partial charge in [-0.2, -0.15) is 5.26 Å². The Bertz CT molecular complexity index is 1130. The lowest BCUT2D eigenvalue weighted by Crippen LogP contribution is -2.30. The molecule has 0 saturated heterocycles. The largest absolute Gasteiger partial charge is 0.489 e. The van der Waals surface area contributed by atoms with Crippen LogP contribution >= 0.6 is 0 Å². The maximum Gasteiger partial charge on any atom is 0.339 e. The van der Waals surface area contributed by atoms with E-state index in [4.69, 9.17) is 19.3 Å². The van der Waals surface area contributed by atoms with Crippen LogP contribution in [0.25, 0.3) is 0 Å². The first-order valence-corrected chi connectivity index (χ1v) is 9.54. The molecule has 0 aliphatic carbocycles. The van der Waals surface area contributed by atoms with Crippen molar-refractivity contribution >= 4 is 17.6 Å². The highest BCUT2D eigenvalue weighted by Crippen LogP contribution is 2.20. The Kier molecular flexibility index (Phi) is 6.67. The Morgan fingerprint density at radius 2 is 1.97 bits per heavy atom. The summed E-state index contributed by atoms with van der Waals surface area (Å²) in [6.07, 6.45) is -1.06. The number of amides is 1. The molecule has 2 aromatic carbocycles. The van der Waals surface area contributed by atoms with Gasteiger partial charge in [0.25, 0.3) is 5.91 Å². The van der Waals surface area contributed by atoms with E-state index in [9.17, 15) is 9.59 Å². The van der Waals surface area contributed by atoms with Gasteiger partial charge in [-0.1, -0.05) is 23.4 Å². The molecule has 1 unspecified atom stereocenters. The molecule has 0 spiro atoms. The number of hydrogen-bond acceptors (Lipinski definition) is 7. The summed E-state index contributed by atoms with van der Waals surface area (Å²) >= 11 is 0. The molecule has 158 valence electrons. The van der Waals surface area contributed by atoms with Gasteiger partial charge in [0.2, 0.25) is 0 Å². The van der Waals surface area contributed by atoms with Crippen LogP contribution in [0, 0.1) is 25.2 Å². The van der Waals surface area contributed by atoms with Crippen LogP contribution < -0.4 is 10.1 Å². The van der Waals surface area contributed by atoms with Gasteiger partial charge >= 0.3 is 5.97 Å². The summed E-state index contributed by atoms with van der Waals surface area (Å²) in [5.41, 5.74) is 2.50. The lowest BCUT2D eigenvalue weighted by molar-refractivity contribution is -0.123. The summed E-state index contributed by atoms with van der Waals surface area (Å²) in [5, 5.41) is 15.6. The molecule has 0 bridgehead atoms. The molecule has 3 aromatic rings. The van der Waals surface area contributed by atoms with Crippen molar-refractivity contribution in [3.8, 4) is 11.8 Å². The van der Waals surface area contributed by atoms with Gasteiger partial charge in [-0.25, -0.2) is 4.79 Å². The number of rotatable bonds is 7. The molecule has 3 rings (SSSR count). The standard InChI is InChI=1S/C23H21N3O5/c1-14-20(15(2)31-26-14)13-29-19-9-6-8-17(11-19)23(28)30-16(3)22(27)25-21-10-5-4-7-18(21)12-24/h4-11,16H,13H2,1-3H3,(H,25,27). The fourth-order valence-electron chi connectivity index (χ4n) is 2.78. The number of carbonyl (C=O) groups excluding carboxylic acids is 2. The number of esters is 1. The topological polar surface area (TPSA) is 114 Å². The third kappa shape index (κ3) is 5.28. The third-order valence-electron chi connectivity index (χ3n) is 4.59. The number of carbonyl (C=O) groups is 2. The van der Waals surface area contributed by atoms with Gasteiger partial charge in [-0.05, 0) is 51.1 Å². The zero-order valence-corrected chi connectivity index (χ0v) is 17.3. The van der Waals surface area contributed by atoms with Crippen molar-refractivity contribution in [1.82, 2.24) is 5.16 Å². The minimum absolute atomic E-state index is 0.244. The predicted octanol–water partition coefficient (Wildman–Crippen LogP) is 3.93. The second kappa shape index (κ2) is 9.59. The van der Waals surface area contributed by atoms with Crippen LogP contribution in [-0.2, 0) is 16.1 Å². The zero-order valence-electron chi connectivity index (χ0n) is 17.3. The fourth-order valence-corrected chi connectivity index (χ4v) is 2.78. The molecular formula is C23H21N3O5. The molecule has 0 aliphatic heterocycles. The molecule has 0 saturated carbocycles. The maximum absolute atomic E-state index is 12.5. The zero-order chi connectivity index (χ0) is 22.4.